The van der Waals surface area contributed by atoms with E-state index in [1.807, 2.05) is 29.8 Å². The Morgan fingerprint density at radius 1 is 1.17 bits per heavy atom. The minimum atomic E-state index is -0.269. The Kier molecular flexibility index (Phi) is 5.00. The van der Waals surface area contributed by atoms with Crippen molar-refractivity contribution in [3.63, 3.8) is 0 Å². The summed E-state index contributed by atoms with van der Waals surface area (Å²) in [5, 5.41) is 13.7. The highest BCUT2D eigenvalue weighted by Crippen LogP contribution is 2.23. The quantitative estimate of drug-likeness (QED) is 0.534. The van der Waals surface area contributed by atoms with Gasteiger partial charge in [-0.25, -0.2) is 4.68 Å². The van der Waals surface area contributed by atoms with Gasteiger partial charge in [-0.15, -0.1) is 5.10 Å². The molecule has 4 rings (SSSR count). The second-order valence-corrected chi connectivity index (χ2v) is 9.26. The fourth-order valence-corrected chi connectivity index (χ4v) is 4.29. The number of pyridine rings is 1. The molecule has 3 aromatic rings. The van der Waals surface area contributed by atoms with Gasteiger partial charge < -0.3 is 14.8 Å². The van der Waals surface area contributed by atoms with Crippen LogP contribution in [0.5, 0.6) is 0 Å². The molecule has 1 atom stereocenters. The third-order valence-corrected chi connectivity index (χ3v) is 5.97. The molecule has 3 N–H and O–H groups in total. The number of nitrogens with zero attached hydrogens (tertiary/aromatic N) is 4. The van der Waals surface area contributed by atoms with E-state index in [0.29, 0.717) is 0 Å². The lowest BCUT2D eigenvalue weighted by molar-refractivity contribution is -1.02. The predicted octanol–water partition coefficient (Wildman–Crippen LogP) is -0.919. The molecule has 8 heteroatoms. The maximum Gasteiger partial charge on any atom is 0.258 e. The summed E-state index contributed by atoms with van der Waals surface area (Å²) in [5.41, 5.74) is 2.37. The molecule has 0 bridgehead atoms. The topological polar surface area (TPSA) is 85.3 Å². The van der Waals surface area contributed by atoms with E-state index in [1.54, 1.807) is 0 Å². The number of hydrogen-bond acceptors (Lipinski definition) is 4. The van der Waals surface area contributed by atoms with Crippen LogP contribution in [0.25, 0.3) is 10.9 Å². The Morgan fingerprint density at radius 2 is 1.90 bits per heavy atom. The second-order valence-electron chi connectivity index (χ2n) is 9.26. The van der Waals surface area contributed by atoms with Gasteiger partial charge in [-0.1, -0.05) is 18.2 Å². The Bertz CT molecular complexity index is 1070. The van der Waals surface area contributed by atoms with Crippen LogP contribution in [-0.2, 0) is 5.54 Å². The van der Waals surface area contributed by atoms with Gasteiger partial charge in [-0.3, -0.25) is 4.79 Å². The molecular formula is C21H31N7O+2. The Morgan fingerprint density at radius 3 is 2.59 bits per heavy atom. The number of aromatic nitrogens is 5. The predicted molar refractivity (Wildman–Crippen MR) is 111 cm³/mol. The first-order valence-corrected chi connectivity index (χ1v) is 10.3. The number of aryl methyl sites for hydroxylation is 1. The molecule has 3 heterocycles. The van der Waals surface area contributed by atoms with Crippen molar-refractivity contribution in [1.82, 2.24) is 25.2 Å². The molecule has 1 aliphatic heterocycles. The van der Waals surface area contributed by atoms with Gasteiger partial charge in [0.15, 0.2) is 6.04 Å². The minimum absolute atomic E-state index is 0.0564. The molecule has 2 aromatic heterocycles. The number of likely N-dealkylation sites (N-methyl/N-ethyl adjacent to an activating group) is 1. The van der Waals surface area contributed by atoms with Crippen molar-refractivity contribution < 1.29 is 9.80 Å². The summed E-state index contributed by atoms with van der Waals surface area (Å²) >= 11 is 0. The van der Waals surface area contributed by atoms with Gasteiger partial charge in [0.2, 0.25) is 5.82 Å². The van der Waals surface area contributed by atoms with Gasteiger partial charge in [0, 0.05) is 0 Å². The SMILES string of the molecule is Cc1cccc2cc([C@H](c3nnnn3C(C)(C)C)[NH+]3CC[NH+](C)CC3)c(=O)[nH]c12. The number of piperazine rings is 1. The van der Waals surface area contributed by atoms with Crippen molar-refractivity contribution in [3.8, 4) is 0 Å². The third-order valence-electron chi connectivity index (χ3n) is 5.97. The van der Waals surface area contributed by atoms with Crippen LogP contribution >= 0.6 is 0 Å². The van der Waals surface area contributed by atoms with E-state index in [4.69, 9.17) is 0 Å². The lowest BCUT2D eigenvalue weighted by Crippen LogP contribution is -3.27. The first-order chi connectivity index (χ1) is 13.8. The molecule has 154 valence electrons. The van der Waals surface area contributed by atoms with E-state index in [2.05, 4.69) is 54.4 Å². The van der Waals surface area contributed by atoms with Crippen LogP contribution < -0.4 is 15.4 Å². The standard InChI is InChI=1S/C21H29N7O/c1-14-7-6-8-15-13-16(20(29)22-17(14)15)18(27-11-9-26(5)10-12-27)19-23-24-25-28(19)21(2,3)4/h6-8,13,18H,9-12H2,1-5H3,(H,22,29)/p+2/t18-/m1/s1. The molecule has 1 aliphatic rings. The van der Waals surface area contributed by atoms with Gasteiger partial charge in [0.05, 0.1) is 23.7 Å². The van der Waals surface area contributed by atoms with Crippen molar-refractivity contribution in [2.24, 2.45) is 0 Å². The van der Waals surface area contributed by atoms with Crippen LogP contribution in [0.3, 0.4) is 0 Å². The minimum Gasteiger partial charge on any atom is -0.328 e. The Hall–Kier alpha value is -2.58. The average molecular weight is 398 g/mol. The summed E-state index contributed by atoms with van der Waals surface area (Å²) in [5.74, 6) is 0.754. The van der Waals surface area contributed by atoms with E-state index < -0.39 is 0 Å². The normalized spacial score (nSPS) is 21.4. The number of aromatic amines is 1. The van der Waals surface area contributed by atoms with E-state index in [9.17, 15) is 4.79 Å². The Balaban J connectivity index is 1.90. The average Bonchev–Trinajstić information content (AvgIpc) is 3.15. The number of para-hydroxylation sites is 1. The fraction of sp³-hybridized carbons (Fsp3) is 0.524. The maximum absolute atomic E-state index is 13.2. The van der Waals surface area contributed by atoms with Crippen LogP contribution in [0.4, 0.5) is 0 Å². The van der Waals surface area contributed by atoms with Crippen molar-refractivity contribution >= 4 is 10.9 Å². The monoisotopic (exact) mass is 397 g/mol. The maximum atomic E-state index is 13.2. The first-order valence-electron chi connectivity index (χ1n) is 10.3. The highest BCUT2D eigenvalue weighted by atomic mass is 16.1. The molecule has 0 unspecified atom stereocenters. The summed E-state index contributed by atoms with van der Waals surface area (Å²) in [6.45, 7) is 12.3. The van der Waals surface area contributed by atoms with Gasteiger partial charge in [0.25, 0.3) is 5.56 Å². The number of H-pyrrole nitrogens is 1. The van der Waals surface area contributed by atoms with E-state index in [1.165, 1.54) is 9.80 Å². The van der Waals surface area contributed by atoms with Gasteiger partial charge in [-0.05, 0) is 55.1 Å². The van der Waals surface area contributed by atoms with Gasteiger partial charge in [0.1, 0.15) is 26.2 Å². The van der Waals surface area contributed by atoms with Crippen molar-refractivity contribution in [1.29, 1.82) is 0 Å². The molecule has 0 amide bonds. The molecule has 29 heavy (non-hydrogen) atoms. The van der Waals surface area contributed by atoms with Crippen LogP contribution in [0.2, 0.25) is 0 Å². The van der Waals surface area contributed by atoms with Crippen molar-refractivity contribution in [2.45, 2.75) is 39.3 Å². The summed E-state index contributed by atoms with van der Waals surface area (Å²) in [4.78, 5) is 19.2. The number of tetrazole rings is 1. The second kappa shape index (κ2) is 7.35. The van der Waals surface area contributed by atoms with Crippen LogP contribution in [-0.4, -0.2) is 58.4 Å². The number of benzene rings is 1. The molecule has 0 saturated carbocycles. The summed E-state index contributed by atoms with van der Waals surface area (Å²) in [6.07, 6.45) is 0. The lowest BCUT2D eigenvalue weighted by Gasteiger charge is -2.33. The Labute approximate surface area is 170 Å². The highest BCUT2D eigenvalue weighted by Gasteiger charge is 2.38. The smallest absolute Gasteiger partial charge is 0.258 e. The van der Waals surface area contributed by atoms with Crippen LogP contribution in [0.1, 0.15) is 43.8 Å². The number of nitrogens with one attached hydrogen (secondary N) is 3. The van der Waals surface area contributed by atoms with Crippen LogP contribution in [0.15, 0.2) is 29.1 Å². The molecule has 0 radical (unpaired) electrons. The largest absolute Gasteiger partial charge is 0.328 e. The summed E-state index contributed by atoms with van der Waals surface area (Å²) in [7, 11) is 2.22. The fourth-order valence-electron chi connectivity index (χ4n) is 4.29. The number of quaternary nitrogens is 2. The zero-order valence-corrected chi connectivity index (χ0v) is 17.9. The number of hydrogen-bond donors (Lipinski definition) is 3. The van der Waals surface area contributed by atoms with Crippen LogP contribution in [0, 0.1) is 6.92 Å². The van der Waals surface area contributed by atoms with E-state index in [-0.39, 0.29) is 17.1 Å². The molecule has 0 aliphatic carbocycles. The molecule has 8 nitrogen and oxygen atoms in total. The zero-order valence-electron chi connectivity index (χ0n) is 17.9. The molecule has 1 saturated heterocycles. The highest BCUT2D eigenvalue weighted by molar-refractivity contribution is 5.82. The number of rotatable bonds is 3. The van der Waals surface area contributed by atoms with Gasteiger partial charge >= 0.3 is 0 Å². The lowest BCUT2D eigenvalue weighted by atomic mass is 10.0. The third kappa shape index (κ3) is 3.70. The summed E-state index contributed by atoms with van der Waals surface area (Å²) < 4.78 is 1.87. The van der Waals surface area contributed by atoms with Gasteiger partial charge in [-0.2, -0.15) is 0 Å². The zero-order chi connectivity index (χ0) is 20.8. The first kappa shape index (κ1) is 19.7. The number of fused-ring (bicyclic) bond motifs is 1. The summed E-state index contributed by atoms with van der Waals surface area (Å²) in [6, 6.07) is 7.93. The van der Waals surface area contributed by atoms with E-state index in [0.717, 1.165) is 54.0 Å². The molecular weight excluding hydrogens is 366 g/mol. The van der Waals surface area contributed by atoms with Crippen molar-refractivity contribution in [2.75, 3.05) is 33.2 Å². The molecule has 1 fully saturated rings. The molecule has 1 aromatic carbocycles. The van der Waals surface area contributed by atoms with Crippen molar-refractivity contribution in [3.05, 3.63) is 51.6 Å². The molecule has 0 spiro atoms. The van der Waals surface area contributed by atoms with E-state index >= 15 is 0 Å².